The van der Waals surface area contributed by atoms with Gasteiger partial charge in [-0.1, -0.05) is 54.6 Å². The van der Waals surface area contributed by atoms with Crippen LogP contribution in [0.1, 0.15) is 0 Å². The molecular weight excluding hydrogens is 496 g/mol. The van der Waals surface area contributed by atoms with Gasteiger partial charge >= 0.3 is 0 Å². The topological polar surface area (TPSA) is 35.6 Å². The molecule has 4 heterocycles. The summed E-state index contributed by atoms with van der Waals surface area (Å²) >= 11 is 1.74. The van der Waals surface area contributed by atoms with E-state index in [1.807, 2.05) is 18.3 Å². The van der Waals surface area contributed by atoms with Crippen LogP contribution in [-0.2, 0) is 0 Å². The number of aromatic nitrogens is 4. The molecule has 8 rings (SSSR count). The minimum Gasteiger partial charge on any atom is -0.322 e. The van der Waals surface area contributed by atoms with Gasteiger partial charge in [0.05, 0.1) is 32.6 Å². The van der Waals surface area contributed by atoms with Gasteiger partial charge in [-0.2, -0.15) is 0 Å². The van der Waals surface area contributed by atoms with E-state index in [0.717, 1.165) is 44.2 Å². The normalized spacial score (nSPS) is 11.6. The molecule has 0 N–H and O–H groups in total. The zero-order valence-corrected chi connectivity index (χ0v) is 21.7. The maximum absolute atomic E-state index is 5.06. The summed E-state index contributed by atoms with van der Waals surface area (Å²) in [6, 6.07) is 40.5. The first kappa shape index (κ1) is 22.0. The fraction of sp³-hybridized carbons (Fsp3) is 0. The van der Waals surface area contributed by atoms with Gasteiger partial charge in [0.1, 0.15) is 5.01 Å². The highest BCUT2D eigenvalue weighted by Gasteiger charge is 2.16. The van der Waals surface area contributed by atoms with Crippen LogP contribution in [0.4, 0.5) is 0 Å². The van der Waals surface area contributed by atoms with Crippen molar-refractivity contribution in [2.24, 2.45) is 0 Å². The van der Waals surface area contributed by atoms with E-state index in [4.69, 9.17) is 4.98 Å². The molecule has 0 aliphatic carbocycles. The molecule has 5 heteroatoms. The molecule has 4 aromatic carbocycles. The number of pyridine rings is 1. The van der Waals surface area contributed by atoms with Crippen molar-refractivity contribution in [2.45, 2.75) is 0 Å². The molecule has 0 atom stereocenters. The first-order chi connectivity index (χ1) is 19.3. The first-order valence-corrected chi connectivity index (χ1v) is 13.7. The molecule has 0 saturated heterocycles. The fourth-order valence-electron chi connectivity index (χ4n) is 5.48. The van der Waals surface area contributed by atoms with Gasteiger partial charge in [-0.05, 0) is 60.7 Å². The van der Waals surface area contributed by atoms with Crippen LogP contribution < -0.4 is 0 Å². The summed E-state index contributed by atoms with van der Waals surface area (Å²) < 4.78 is 5.70. The van der Waals surface area contributed by atoms with Gasteiger partial charge in [-0.25, -0.2) is 4.98 Å². The Morgan fingerprint density at radius 2 is 1.46 bits per heavy atom. The molecular formula is C34H22N4S. The molecule has 0 radical (unpaired) electrons. The van der Waals surface area contributed by atoms with Gasteiger partial charge in [0.25, 0.3) is 0 Å². The predicted octanol–water partition coefficient (Wildman–Crippen LogP) is 8.91. The molecule has 0 bridgehead atoms. The average Bonchev–Trinajstić information content (AvgIpc) is 3.75. The Morgan fingerprint density at radius 3 is 2.36 bits per heavy atom. The third kappa shape index (κ3) is 3.59. The van der Waals surface area contributed by atoms with Crippen LogP contribution >= 0.6 is 11.3 Å². The summed E-state index contributed by atoms with van der Waals surface area (Å²) in [7, 11) is 0. The Hall–Kier alpha value is -5.00. The van der Waals surface area contributed by atoms with Crippen molar-refractivity contribution >= 4 is 43.4 Å². The van der Waals surface area contributed by atoms with Crippen LogP contribution in [0.2, 0.25) is 0 Å². The minimum atomic E-state index is 0.966. The van der Waals surface area contributed by atoms with Crippen LogP contribution in [0.25, 0.3) is 65.2 Å². The van der Waals surface area contributed by atoms with Crippen molar-refractivity contribution in [2.75, 3.05) is 0 Å². The maximum atomic E-state index is 5.06. The summed E-state index contributed by atoms with van der Waals surface area (Å²) in [5, 5.41) is 3.48. The summed E-state index contributed by atoms with van der Waals surface area (Å²) in [6.45, 7) is 0. The number of rotatable bonds is 4. The number of hydrogen-bond acceptors (Lipinski definition) is 3. The van der Waals surface area contributed by atoms with E-state index < -0.39 is 0 Å². The molecule has 0 amide bonds. The second kappa shape index (κ2) is 8.79. The predicted molar refractivity (Wildman–Crippen MR) is 162 cm³/mol. The van der Waals surface area contributed by atoms with E-state index in [0.29, 0.717) is 0 Å². The van der Waals surface area contributed by atoms with Crippen molar-refractivity contribution in [3.63, 3.8) is 0 Å². The summed E-state index contributed by atoms with van der Waals surface area (Å²) in [6.07, 6.45) is 6.00. The molecule has 0 aliphatic heterocycles. The van der Waals surface area contributed by atoms with Gasteiger partial charge < -0.3 is 9.13 Å². The summed E-state index contributed by atoms with van der Waals surface area (Å²) in [4.78, 5) is 9.64. The molecule has 4 aromatic heterocycles. The van der Waals surface area contributed by atoms with Gasteiger partial charge in [-0.3, -0.25) is 4.98 Å². The van der Waals surface area contributed by atoms with E-state index >= 15 is 0 Å². The highest BCUT2D eigenvalue weighted by atomic mass is 32.1. The lowest BCUT2D eigenvalue weighted by molar-refractivity contribution is 1.10. The second-order valence-corrected chi connectivity index (χ2v) is 10.6. The monoisotopic (exact) mass is 518 g/mol. The molecule has 0 fully saturated rings. The van der Waals surface area contributed by atoms with Gasteiger partial charge in [0.15, 0.2) is 0 Å². The van der Waals surface area contributed by atoms with E-state index in [9.17, 15) is 0 Å². The number of nitrogens with zero attached hydrogens (tertiary/aromatic N) is 4. The van der Waals surface area contributed by atoms with Crippen molar-refractivity contribution < 1.29 is 0 Å². The lowest BCUT2D eigenvalue weighted by Crippen LogP contribution is -1.95. The number of hydrogen-bond donors (Lipinski definition) is 0. The van der Waals surface area contributed by atoms with Crippen LogP contribution in [-0.4, -0.2) is 19.1 Å². The SMILES string of the molecule is c1ccc(-c2cccc(-n3c4ccccc4c4ccc(-c5nc6cccc(-n7cccc7)c6s5)cc43)c2)nc1. The zero-order chi connectivity index (χ0) is 25.8. The van der Waals surface area contributed by atoms with Crippen molar-refractivity contribution in [3.05, 3.63) is 134 Å². The lowest BCUT2D eigenvalue weighted by Gasteiger charge is -2.10. The Labute approximate surface area is 229 Å². The van der Waals surface area contributed by atoms with E-state index in [1.165, 1.54) is 21.0 Å². The molecule has 0 saturated carbocycles. The minimum absolute atomic E-state index is 0.966. The van der Waals surface area contributed by atoms with E-state index in [1.54, 1.807) is 11.3 Å². The van der Waals surface area contributed by atoms with Gasteiger partial charge in [-0.15, -0.1) is 11.3 Å². The number of benzene rings is 4. The first-order valence-electron chi connectivity index (χ1n) is 12.9. The standard InChI is InChI=1S/C34H22N4S/c1-2-14-30-26(11-1)27-17-16-24(34-36-29-13-8-15-31(33(29)39-34)37-19-5-6-20-37)22-32(27)38(30)25-10-7-9-23(21-25)28-12-3-4-18-35-28/h1-22H. The Bertz CT molecular complexity index is 2120. The molecule has 8 aromatic rings. The summed E-state index contributed by atoms with van der Waals surface area (Å²) in [5.41, 5.74) is 8.81. The Kier molecular flexibility index (Phi) is 4.96. The highest BCUT2D eigenvalue weighted by Crippen LogP contribution is 2.38. The van der Waals surface area contributed by atoms with E-state index in [2.05, 4.69) is 130 Å². The van der Waals surface area contributed by atoms with Crippen molar-refractivity contribution in [1.29, 1.82) is 0 Å². The molecule has 4 nitrogen and oxygen atoms in total. The molecule has 0 aliphatic rings. The van der Waals surface area contributed by atoms with Crippen LogP contribution in [0.3, 0.4) is 0 Å². The van der Waals surface area contributed by atoms with Crippen molar-refractivity contribution in [3.8, 4) is 33.2 Å². The van der Waals surface area contributed by atoms with E-state index in [-0.39, 0.29) is 0 Å². The van der Waals surface area contributed by atoms with Gasteiger partial charge in [0.2, 0.25) is 0 Å². The number of para-hydroxylation sites is 1. The maximum Gasteiger partial charge on any atom is 0.124 e. The second-order valence-electron chi connectivity index (χ2n) is 9.58. The third-order valence-corrected chi connectivity index (χ3v) is 8.41. The molecule has 0 unspecified atom stereocenters. The lowest BCUT2D eigenvalue weighted by atomic mass is 10.1. The van der Waals surface area contributed by atoms with Gasteiger partial charge in [0, 0.05) is 46.2 Å². The van der Waals surface area contributed by atoms with Crippen LogP contribution in [0.5, 0.6) is 0 Å². The number of thiazole rings is 1. The van der Waals surface area contributed by atoms with Crippen LogP contribution in [0, 0.1) is 0 Å². The Balaban J connectivity index is 1.34. The summed E-state index contributed by atoms with van der Waals surface area (Å²) in [5.74, 6) is 0. The van der Waals surface area contributed by atoms with Crippen LogP contribution in [0.15, 0.2) is 134 Å². The van der Waals surface area contributed by atoms with Crippen molar-refractivity contribution in [1.82, 2.24) is 19.1 Å². The largest absolute Gasteiger partial charge is 0.322 e. The quantitative estimate of drug-likeness (QED) is 0.233. The fourth-order valence-corrected chi connectivity index (χ4v) is 6.55. The number of fused-ring (bicyclic) bond motifs is 4. The molecule has 184 valence electrons. The smallest absolute Gasteiger partial charge is 0.124 e. The highest BCUT2D eigenvalue weighted by molar-refractivity contribution is 7.22. The Morgan fingerprint density at radius 1 is 0.615 bits per heavy atom. The average molecular weight is 519 g/mol. The third-order valence-electron chi connectivity index (χ3n) is 7.26. The molecule has 0 spiro atoms. The molecule has 39 heavy (non-hydrogen) atoms. The zero-order valence-electron chi connectivity index (χ0n) is 20.9.